The third-order valence-electron chi connectivity index (χ3n) is 4.93. The van der Waals surface area contributed by atoms with Gasteiger partial charge in [0.05, 0.1) is 13.1 Å². The topological polar surface area (TPSA) is 24.8 Å². The number of nitrogens with zero attached hydrogens (tertiary/aromatic N) is 1. The first-order valence-corrected chi connectivity index (χ1v) is 8.16. The Labute approximate surface area is 122 Å². The SMILES string of the molecule is CN(C)C1CC[NH+](CC(=O)C2CCC(Cl)CC2)CC1. The minimum Gasteiger partial charge on any atom is -0.329 e. The summed E-state index contributed by atoms with van der Waals surface area (Å²) in [6, 6.07) is 0.713. The highest BCUT2D eigenvalue weighted by molar-refractivity contribution is 6.20. The largest absolute Gasteiger partial charge is 0.329 e. The lowest BCUT2D eigenvalue weighted by Crippen LogP contribution is -3.14. The third kappa shape index (κ3) is 4.44. The van der Waals surface area contributed by atoms with Gasteiger partial charge in [-0.25, -0.2) is 0 Å². The van der Waals surface area contributed by atoms with Crippen molar-refractivity contribution >= 4 is 17.4 Å². The molecular weight excluding hydrogens is 260 g/mol. The normalized spacial score (nSPS) is 36.4. The molecule has 0 aromatic rings. The maximum absolute atomic E-state index is 12.3. The number of piperidine rings is 1. The highest BCUT2D eigenvalue weighted by Crippen LogP contribution is 2.27. The molecule has 1 aliphatic heterocycles. The molecule has 0 bridgehead atoms. The molecule has 3 nitrogen and oxygen atoms in total. The van der Waals surface area contributed by atoms with Crippen molar-refractivity contribution in [1.82, 2.24) is 4.90 Å². The predicted molar refractivity (Wildman–Crippen MR) is 78.9 cm³/mol. The number of Topliss-reactive ketones (excluding diaryl/α,β-unsaturated/α-hetero) is 1. The summed E-state index contributed by atoms with van der Waals surface area (Å²) in [4.78, 5) is 16.1. The Bertz CT molecular complexity index is 293. The summed E-state index contributed by atoms with van der Waals surface area (Å²) in [7, 11) is 4.32. The summed E-state index contributed by atoms with van der Waals surface area (Å²) in [5.41, 5.74) is 0. The van der Waals surface area contributed by atoms with Crippen molar-refractivity contribution in [3.05, 3.63) is 0 Å². The molecule has 4 heteroatoms. The van der Waals surface area contributed by atoms with Crippen LogP contribution in [0.4, 0.5) is 0 Å². The Kier molecular flexibility index (Phi) is 5.67. The van der Waals surface area contributed by atoms with E-state index >= 15 is 0 Å². The summed E-state index contributed by atoms with van der Waals surface area (Å²) in [6.45, 7) is 3.05. The van der Waals surface area contributed by atoms with Crippen molar-refractivity contribution < 1.29 is 9.69 Å². The zero-order chi connectivity index (χ0) is 13.8. The van der Waals surface area contributed by atoms with Gasteiger partial charge >= 0.3 is 0 Å². The molecule has 110 valence electrons. The second-order valence-corrected chi connectivity index (χ2v) is 7.15. The quantitative estimate of drug-likeness (QED) is 0.779. The third-order valence-corrected chi connectivity index (χ3v) is 5.37. The van der Waals surface area contributed by atoms with Gasteiger partial charge in [0.25, 0.3) is 0 Å². The van der Waals surface area contributed by atoms with Crippen molar-refractivity contribution in [2.45, 2.75) is 49.9 Å². The van der Waals surface area contributed by atoms with E-state index in [0.717, 1.165) is 45.3 Å². The van der Waals surface area contributed by atoms with Crippen LogP contribution in [0.5, 0.6) is 0 Å². The molecule has 2 aliphatic rings. The number of likely N-dealkylation sites (tertiary alicyclic amines) is 1. The number of nitrogens with one attached hydrogen (secondary N) is 1. The standard InChI is InChI=1S/C15H27ClN2O/c1-17(2)14-7-9-18(10-8-14)11-15(19)12-3-5-13(16)6-4-12/h12-14H,3-11H2,1-2H3/p+1. The first-order chi connectivity index (χ1) is 9.06. The zero-order valence-corrected chi connectivity index (χ0v) is 13.1. The van der Waals surface area contributed by atoms with Crippen LogP contribution in [0.2, 0.25) is 0 Å². The molecule has 2 rings (SSSR count). The number of ketones is 1. The van der Waals surface area contributed by atoms with Crippen LogP contribution in [0, 0.1) is 5.92 Å². The van der Waals surface area contributed by atoms with Gasteiger partial charge in [0.15, 0.2) is 5.78 Å². The molecule has 0 spiro atoms. The van der Waals surface area contributed by atoms with Gasteiger partial charge in [-0.2, -0.15) is 0 Å². The van der Waals surface area contributed by atoms with Crippen LogP contribution in [-0.4, -0.2) is 55.8 Å². The van der Waals surface area contributed by atoms with Crippen molar-refractivity contribution in [2.24, 2.45) is 5.92 Å². The lowest BCUT2D eigenvalue weighted by molar-refractivity contribution is -0.897. The second-order valence-electron chi connectivity index (χ2n) is 6.54. The average molecular weight is 288 g/mol. The van der Waals surface area contributed by atoms with E-state index in [0.29, 0.717) is 23.1 Å². The first-order valence-electron chi connectivity index (χ1n) is 7.73. The van der Waals surface area contributed by atoms with Gasteiger partial charge in [0, 0.05) is 30.2 Å². The van der Waals surface area contributed by atoms with E-state index in [9.17, 15) is 4.79 Å². The summed E-state index contributed by atoms with van der Waals surface area (Å²) in [5, 5.41) is 0.312. The Balaban J connectivity index is 1.72. The molecule has 1 aliphatic carbocycles. The molecule has 1 saturated carbocycles. The van der Waals surface area contributed by atoms with E-state index in [1.165, 1.54) is 17.7 Å². The molecular formula is C15H28ClN2O+. The smallest absolute Gasteiger partial charge is 0.189 e. The Morgan fingerprint density at radius 2 is 1.68 bits per heavy atom. The van der Waals surface area contributed by atoms with Gasteiger partial charge in [0.1, 0.15) is 6.54 Å². The molecule has 0 radical (unpaired) electrons. The molecule has 1 saturated heterocycles. The second kappa shape index (κ2) is 7.05. The molecule has 2 fully saturated rings. The maximum Gasteiger partial charge on any atom is 0.189 e. The summed E-state index contributed by atoms with van der Waals surface area (Å²) in [6.07, 6.45) is 6.53. The summed E-state index contributed by atoms with van der Waals surface area (Å²) < 4.78 is 0. The van der Waals surface area contributed by atoms with Crippen LogP contribution in [0.1, 0.15) is 38.5 Å². The van der Waals surface area contributed by atoms with Gasteiger partial charge in [-0.05, 0) is 39.8 Å². The number of alkyl halides is 1. The molecule has 0 aromatic heterocycles. The van der Waals surface area contributed by atoms with E-state index < -0.39 is 0 Å². The van der Waals surface area contributed by atoms with Gasteiger partial charge in [0.2, 0.25) is 0 Å². The fourth-order valence-electron chi connectivity index (χ4n) is 3.47. The van der Waals surface area contributed by atoms with Crippen LogP contribution < -0.4 is 4.90 Å². The molecule has 1 heterocycles. The number of quaternary nitrogens is 1. The fraction of sp³-hybridized carbons (Fsp3) is 0.933. The van der Waals surface area contributed by atoms with E-state index in [2.05, 4.69) is 19.0 Å². The molecule has 0 atom stereocenters. The molecule has 0 amide bonds. The van der Waals surface area contributed by atoms with E-state index in [-0.39, 0.29) is 0 Å². The molecule has 0 aromatic carbocycles. The lowest BCUT2D eigenvalue weighted by Gasteiger charge is -2.33. The summed E-state index contributed by atoms with van der Waals surface area (Å²) in [5.74, 6) is 0.788. The first kappa shape index (κ1) is 15.3. The average Bonchev–Trinajstić information content (AvgIpc) is 2.40. The lowest BCUT2D eigenvalue weighted by atomic mass is 9.85. The van der Waals surface area contributed by atoms with Crippen molar-refractivity contribution in [2.75, 3.05) is 33.7 Å². The minimum atomic E-state index is 0.300. The number of rotatable bonds is 4. The zero-order valence-electron chi connectivity index (χ0n) is 12.3. The number of hydrogen-bond acceptors (Lipinski definition) is 2. The number of carbonyl (C=O) groups excluding carboxylic acids is 1. The van der Waals surface area contributed by atoms with Gasteiger partial charge in [-0.3, -0.25) is 4.79 Å². The summed E-state index contributed by atoms with van der Waals surface area (Å²) >= 11 is 6.10. The number of hydrogen-bond donors (Lipinski definition) is 1. The monoisotopic (exact) mass is 287 g/mol. The van der Waals surface area contributed by atoms with Crippen LogP contribution in [-0.2, 0) is 4.79 Å². The Morgan fingerprint density at radius 3 is 2.21 bits per heavy atom. The van der Waals surface area contributed by atoms with Crippen LogP contribution >= 0.6 is 11.6 Å². The van der Waals surface area contributed by atoms with E-state index in [1.807, 2.05) is 0 Å². The molecule has 1 N–H and O–H groups in total. The van der Waals surface area contributed by atoms with Crippen molar-refractivity contribution in [3.8, 4) is 0 Å². The number of halogens is 1. The highest BCUT2D eigenvalue weighted by Gasteiger charge is 2.30. The highest BCUT2D eigenvalue weighted by atomic mass is 35.5. The Hall–Kier alpha value is -0.120. The minimum absolute atomic E-state index is 0.300. The fourth-order valence-corrected chi connectivity index (χ4v) is 3.72. The van der Waals surface area contributed by atoms with Crippen molar-refractivity contribution in [1.29, 1.82) is 0 Å². The van der Waals surface area contributed by atoms with Gasteiger partial charge in [-0.15, -0.1) is 11.6 Å². The van der Waals surface area contributed by atoms with Gasteiger partial charge in [-0.1, -0.05) is 0 Å². The number of carbonyl (C=O) groups is 1. The van der Waals surface area contributed by atoms with Crippen molar-refractivity contribution in [3.63, 3.8) is 0 Å². The van der Waals surface area contributed by atoms with Crippen LogP contribution in [0.3, 0.4) is 0 Å². The molecule has 0 unspecified atom stereocenters. The Morgan fingerprint density at radius 1 is 1.11 bits per heavy atom. The van der Waals surface area contributed by atoms with Gasteiger partial charge < -0.3 is 9.80 Å². The van der Waals surface area contributed by atoms with Crippen LogP contribution in [0.15, 0.2) is 0 Å². The van der Waals surface area contributed by atoms with E-state index in [4.69, 9.17) is 11.6 Å². The van der Waals surface area contributed by atoms with E-state index in [1.54, 1.807) is 0 Å². The molecule has 19 heavy (non-hydrogen) atoms. The maximum atomic E-state index is 12.3. The van der Waals surface area contributed by atoms with Crippen LogP contribution in [0.25, 0.3) is 0 Å². The predicted octanol–water partition coefficient (Wildman–Crippen LogP) is 0.962.